The lowest BCUT2D eigenvalue weighted by molar-refractivity contribution is 0.0464. The van der Waals surface area contributed by atoms with Crippen molar-refractivity contribution in [1.82, 2.24) is 0 Å². The predicted octanol–water partition coefficient (Wildman–Crippen LogP) is 6.07. The minimum absolute atomic E-state index is 0.132. The van der Waals surface area contributed by atoms with Crippen LogP contribution in [-0.2, 0) is 18.0 Å². The van der Waals surface area contributed by atoms with Gasteiger partial charge in [-0.1, -0.05) is 53.5 Å². The van der Waals surface area contributed by atoms with E-state index in [9.17, 15) is 9.18 Å². The standard InChI is InChI=1S/C21H15Cl2FO3/c22-15-10-8-14(9-11-15)12-26-20-7-2-1-4-16(20)21(25)27-13-17-18(23)5-3-6-19(17)24/h1-11H,12-13H2. The fraction of sp³-hybridized carbons (Fsp3) is 0.0952. The van der Waals surface area contributed by atoms with Crippen molar-refractivity contribution in [2.45, 2.75) is 13.2 Å². The van der Waals surface area contributed by atoms with Crippen molar-refractivity contribution in [2.24, 2.45) is 0 Å². The van der Waals surface area contributed by atoms with E-state index in [4.69, 9.17) is 32.7 Å². The number of halogens is 3. The van der Waals surface area contributed by atoms with Crippen molar-refractivity contribution in [3.63, 3.8) is 0 Å². The van der Waals surface area contributed by atoms with Gasteiger partial charge in [0.1, 0.15) is 30.3 Å². The Bertz CT molecular complexity index is 922. The summed E-state index contributed by atoms with van der Waals surface area (Å²) in [5.74, 6) is -0.777. The molecular formula is C21H15Cl2FO3. The Labute approximate surface area is 166 Å². The molecular weight excluding hydrogens is 390 g/mol. The molecule has 3 aromatic carbocycles. The topological polar surface area (TPSA) is 35.5 Å². The van der Waals surface area contributed by atoms with Crippen LogP contribution in [-0.4, -0.2) is 5.97 Å². The van der Waals surface area contributed by atoms with Gasteiger partial charge in [0.2, 0.25) is 0 Å². The van der Waals surface area contributed by atoms with Crippen molar-refractivity contribution in [1.29, 1.82) is 0 Å². The summed E-state index contributed by atoms with van der Waals surface area (Å²) in [4.78, 5) is 12.4. The minimum atomic E-state index is -0.624. The van der Waals surface area contributed by atoms with Crippen molar-refractivity contribution in [3.05, 3.63) is 99.3 Å². The van der Waals surface area contributed by atoms with Crippen LogP contribution in [0.2, 0.25) is 10.0 Å². The zero-order chi connectivity index (χ0) is 19.2. The third-order valence-electron chi connectivity index (χ3n) is 3.82. The maximum atomic E-state index is 13.8. The van der Waals surface area contributed by atoms with Crippen LogP contribution < -0.4 is 4.74 Å². The molecule has 0 amide bonds. The van der Waals surface area contributed by atoms with E-state index in [1.54, 1.807) is 36.4 Å². The second kappa shape index (κ2) is 8.89. The number of hydrogen-bond acceptors (Lipinski definition) is 3. The molecule has 0 bridgehead atoms. The first kappa shape index (κ1) is 19.2. The third-order valence-corrected chi connectivity index (χ3v) is 4.43. The van der Waals surface area contributed by atoms with Gasteiger partial charge in [0.05, 0.1) is 5.02 Å². The second-order valence-corrected chi connectivity index (χ2v) is 6.53. The van der Waals surface area contributed by atoms with Crippen LogP contribution in [0.1, 0.15) is 21.5 Å². The van der Waals surface area contributed by atoms with Gasteiger partial charge in [0.15, 0.2) is 0 Å². The van der Waals surface area contributed by atoms with Crippen LogP contribution in [0.25, 0.3) is 0 Å². The molecule has 27 heavy (non-hydrogen) atoms. The van der Waals surface area contributed by atoms with Gasteiger partial charge in [-0.25, -0.2) is 9.18 Å². The van der Waals surface area contributed by atoms with Crippen LogP contribution >= 0.6 is 23.2 Å². The lowest BCUT2D eigenvalue weighted by Gasteiger charge is -2.12. The number of esters is 1. The summed E-state index contributed by atoms with van der Waals surface area (Å²) in [6.45, 7) is -0.00351. The Morgan fingerprint density at radius 2 is 1.63 bits per heavy atom. The smallest absolute Gasteiger partial charge is 0.342 e. The van der Waals surface area contributed by atoms with Gasteiger partial charge in [0, 0.05) is 10.6 Å². The lowest BCUT2D eigenvalue weighted by atomic mass is 10.2. The van der Waals surface area contributed by atoms with E-state index >= 15 is 0 Å². The van der Waals surface area contributed by atoms with E-state index in [-0.39, 0.29) is 29.4 Å². The van der Waals surface area contributed by atoms with Gasteiger partial charge >= 0.3 is 5.97 Å². The van der Waals surface area contributed by atoms with E-state index in [0.717, 1.165) is 5.56 Å². The molecule has 0 unspecified atom stereocenters. The molecule has 138 valence electrons. The summed E-state index contributed by atoms with van der Waals surface area (Å²) in [5.41, 5.74) is 1.28. The van der Waals surface area contributed by atoms with Crippen LogP contribution in [0.4, 0.5) is 4.39 Å². The normalized spacial score (nSPS) is 10.5. The highest BCUT2D eigenvalue weighted by atomic mass is 35.5. The van der Waals surface area contributed by atoms with Crippen LogP contribution in [0.5, 0.6) is 5.75 Å². The Balaban J connectivity index is 1.69. The zero-order valence-electron chi connectivity index (χ0n) is 14.1. The molecule has 6 heteroatoms. The molecule has 0 N–H and O–H groups in total. The Morgan fingerprint density at radius 3 is 2.37 bits per heavy atom. The number of para-hydroxylation sites is 1. The quantitative estimate of drug-likeness (QED) is 0.467. The lowest BCUT2D eigenvalue weighted by Crippen LogP contribution is -2.09. The third kappa shape index (κ3) is 5.00. The van der Waals surface area contributed by atoms with Crippen molar-refractivity contribution in [3.8, 4) is 5.75 Å². The van der Waals surface area contributed by atoms with Crippen LogP contribution in [0.3, 0.4) is 0 Å². The highest BCUT2D eigenvalue weighted by Gasteiger charge is 2.16. The minimum Gasteiger partial charge on any atom is -0.488 e. The van der Waals surface area contributed by atoms with Gasteiger partial charge in [-0.3, -0.25) is 0 Å². The van der Waals surface area contributed by atoms with Gasteiger partial charge in [-0.05, 0) is 42.0 Å². The van der Waals surface area contributed by atoms with Gasteiger partial charge in [0.25, 0.3) is 0 Å². The SMILES string of the molecule is O=C(OCc1c(F)cccc1Cl)c1ccccc1OCc1ccc(Cl)cc1. The molecule has 0 aromatic heterocycles. The zero-order valence-corrected chi connectivity index (χ0v) is 15.6. The first-order valence-electron chi connectivity index (χ1n) is 8.11. The monoisotopic (exact) mass is 404 g/mol. The molecule has 0 radical (unpaired) electrons. The largest absolute Gasteiger partial charge is 0.488 e. The van der Waals surface area contributed by atoms with E-state index in [1.807, 2.05) is 12.1 Å². The van der Waals surface area contributed by atoms with Gasteiger partial charge in [-0.15, -0.1) is 0 Å². The summed E-state index contributed by atoms with van der Waals surface area (Å²) < 4.78 is 24.8. The van der Waals surface area contributed by atoms with Crippen molar-refractivity contribution >= 4 is 29.2 Å². The first-order chi connectivity index (χ1) is 13.0. The molecule has 0 atom stereocenters. The van der Waals surface area contributed by atoms with Gasteiger partial charge < -0.3 is 9.47 Å². The molecule has 0 saturated carbocycles. The molecule has 3 rings (SSSR count). The maximum absolute atomic E-state index is 13.8. The number of rotatable bonds is 6. The summed E-state index contributed by atoms with van der Waals surface area (Å²) in [5, 5.41) is 0.838. The van der Waals surface area contributed by atoms with Crippen molar-refractivity contribution in [2.75, 3.05) is 0 Å². The molecule has 0 aliphatic rings. The van der Waals surface area contributed by atoms with Crippen LogP contribution in [0.15, 0.2) is 66.7 Å². The van der Waals surface area contributed by atoms with E-state index in [2.05, 4.69) is 0 Å². The van der Waals surface area contributed by atoms with E-state index in [0.29, 0.717) is 10.8 Å². The molecule has 0 spiro atoms. The van der Waals surface area contributed by atoms with E-state index in [1.165, 1.54) is 18.2 Å². The molecule has 0 saturated heterocycles. The number of carbonyl (C=O) groups is 1. The molecule has 0 heterocycles. The van der Waals surface area contributed by atoms with Crippen LogP contribution in [0, 0.1) is 5.82 Å². The number of benzene rings is 3. The number of hydrogen-bond donors (Lipinski definition) is 0. The fourth-order valence-corrected chi connectivity index (χ4v) is 2.73. The first-order valence-corrected chi connectivity index (χ1v) is 8.86. The molecule has 3 nitrogen and oxygen atoms in total. The predicted molar refractivity (Wildman–Crippen MR) is 103 cm³/mol. The molecule has 0 fully saturated rings. The van der Waals surface area contributed by atoms with Crippen molar-refractivity contribution < 1.29 is 18.7 Å². The van der Waals surface area contributed by atoms with E-state index < -0.39 is 11.8 Å². The number of carbonyl (C=O) groups excluding carboxylic acids is 1. The fourth-order valence-electron chi connectivity index (χ4n) is 2.39. The molecule has 3 aromatic rings. The summed E-state index contributed by atoms with van der Waals surface area (Å²) >= 11 is 11.8. The summed E-state index contributed by atoms with van der Waals surface area (Å²) in [6, 6.07) is 18.2. The van der Waals surface area contributed by atoms with Gasteiger partial charge in [-0.2, -0.15) is 0 Å². The summed E-state index contributed by atoms with van der Waals surface area (Å²) in [7, 11) is 0. The molecule has 0 aliphatic heterocycles. The average Bonchev–Trinajstić information content (AvgIpc) is 2.67. The summed E-state index contributed by atoms with van der Waals surface area (Å²) in [6.07, 6.45) is 0. The Morgan fingerprint density at radius 1 is 0.889 bits per heavy atom. The number of ether oxygens (including phenoxy) is 2. The Hall–Kier alpha value is -2.56. The molecule has 0 aliphatic carbocycles. The highest BCUT2D eigenvalue weighted by molar-refractivity contribution is 6.31. The highest BCUT2D eigenvalue weighted by Crippen LogP contribution is 2.23. The maximum Gasteiger partial charge on any atom is 0.342 e. The second-order valence-electron chi connectivity index (χ2n) is 5.69. The Kier molecular flexibility index (Phi) is 6.32. The average molecular weight is 405 g/mol.